The van der Waals surface area contributed by atoms with Crippen LogP contribution in [0.25, 0.3) is 11.0 Å². The molecule has 0 atom stereocenters. The number of hydrogen-bond acceptors (Lipinski definition) is 3. The highest BCUT2D eigenvalue weighted by atomic mass is 16.2. The summed E-state index contributed by atoms with van der Waals surface area (Å²) in [5.74, 6) is -0.256. The summed E-state index contributed by atoms with van der Waals surface area (Å²) in [6.07, 6.45) is -0.0621. The third-order valence-electron chi connectivity index (χ3n) is 1.76. The van der Waals surface area contributed by atoms with Crippen LogP contribution in [0.2, 0.25) is 6.32 Å². The van der Waals surface area contributed by atoms with Gasteiger partial charge in [-0.15, -0.1) is 5.10 Å². The number of rotatable bonds is 1. The minimum atomic E-state index is -0.256. The van der Waals surface area contributed by atoms with Crippen LogP contribution in [0.4, 0.5) is 0 Å². The topological polar surface area (TPSA) is 47.8 Å². The zero-order chi connectivity index (χ0) is 9.26. The quantitative estimate of drug-likeness (QED) is 0.592. The molecule has 0 amide bonds. The SMILES string of the molecule is [B]CC(=O)n1nnc2ccccc21. The summed E-state index contributed by atoms with van der Waals surface area (Å²) in [4.78, 5) is 11.2. The number of para-hydroxylation sites is 1. The number of aromatic nitrogens is 3. The number of benzene rings is 1. The van der Waals surface area contributed by atoms with E-state index in [1.807, 2.05) is 12.1 Å². The molecule has 0 unspecified atom stereocenters. The van der Waals surface area contributed by atoms with E-state index in [4.69, 9.17) is 7.85 Å². The molecule has 2 aromatic rings. The lowest BCUT2D eigenvalue weighted by Gasteiger charge is -1.95. The first-order valence-corrected chi connectivity index (χ1v) is 3.86. The van der Waals surface area contributed by atoms with Crippen molar-refractivity contribution in [3.05, 3.63) is 24.3 Å². The van der Waals surface area contributed by atoms with Crippen LogP contribution in [0.5, 0.6) is 0 Å². The van der Waals surface area contributed by atoms with Gasteiger partial charge in [-0.2, -0.15) is 4.68 Å². The number of hydrogen-bond donors (Lipinski definition) is 0. The molecule has 13 heavy (non-hydrogen) atoms. The molecule has 1 heterocycles. The van der Waals surface area contributed by atoms with Gasteiger partial charge in [-0.25, -0.2) is 0 Å². The summed E-state index contributed by atoms with van der Waals surface area (Å²) in [6, 6.07) is 7.24. The van der Waals surface area contributed by atoms with Crippen LogP contribution < -0.4 is 0 Å². The summed E-state index contributed by atoms with van der Waals surface area (Å²) in [5.41, 5.74) is 1.39. The van der Waals surface area contributed by atoms with Crippen molar-refractivity contribution in [3.63, 3.8) is 0 Å². The number of nitrogens with zero attached hydrogens (tertiary/aromatic N) is 3. The molecule has 0 spiro atoms. The van der Waals surface area contributed by atoms with Gasteiger partial charge < -0.3 is 0 Å². The van der Waals surface area contributed by atoms with Gasteiger partial charge in [0.1, 0.15) is 5.52 Å². The molecule has 0 fully saturated rings. The molecule has 0 aliphatic rings. The van der Waals surface area contributed by atoms with E-state index in [0.29, 0.717) is 11.0 Å². The zero-order valence-electron chi connectivity index (χ0n) is 6.84. The van der Waals surface area contributed by atoms with Crippen molar-refractivity contribution in [2.45, 2.75) is 6.32 Å². The van der Waals surface area contributed by atoms with Crippen molar-refractivity contribution in [1.82, 2.24) is 15.0 Å². The Labute approximate surface area is 76.0 Å². The molecule has 4 nitrogen and oxygen atoms in total. The highest BCUT2D eigenvalue weighted by Crippen LogP contribution is 2.09. The second-order valence-corrected chi connectivity index (χ2v) is 2.59. The summed E-state index contributed by atoms with van der Waals surface area (Å²) in [5, 5.41) is 7.53. The first kappa shape index (κ1) is 7.98. The van der Waals surface area contributed by atoms with Crippen molar-refractivity contribution >= 4 is 24.8 Å². The van der Waals surface area contributed by atoms with Gasteiger partial charge >= 0.3 is 0 Å². The minimum absolute atomic E-state index is 0.0621. The van der Waals surface area contributed by atoms with Crippen molar-refractivity contribution in [2.75, 3.05) is 0 Å². The van der Waals surface area contributed by atoms with Crippen LogP contribution in [0, 0.1) is 0 Å². The molecule has 0 saturated heterocycles. The smallest absolute Gasteiger partial charge is 0.240 e. The van der Waals surface area contributed by atoms with Crippen LogP contribution in [0.15, 0.2) is 24.3 Å². The highest BCUT2D eigenvalue weighted by Gasteiger charge is 2.07. The summed E-state index contributed by atoms with van der Waals surface area (Å²) in [7, 11) is 5.22. The van der Waals surface area contributed by atoms with Crippen molar-refractivity contribution < 1.29 is 4.79 Å². The Kier molecular flexibility index (Phi) is 1.85. The van der Waals surface area contributed by atoms with Gasteiger partial charge in [-0.3, -0.25) is 4.79 Å². The first-order chi connectivity index (χ1) is 6.33. The van der Waals surface area contributed by atoms with E-state index in [2.05, 4.69) is 10.3 Å². The average Bonchev–Trinajstić information content (AvgIpc) is 2.60. The summed E-state index contributed by atoms with van der Waals surface area (Å²) < 4.78 is 1.22. The molecule has 1 aromatic carbocycles. The van der Waals surface area contributed by atoms with E-state index in [0.717, 1.165) is 0 Å². The van der Waals surface area contributed by atoms with Crippen LogP contribution in [-0.4, -0.2) is 28.7 Å². The second kappa shape index (κ2) is 3.01. The Morgan fingerprint density at radius 2 is 2.23 bits per heavy atom. The molecule has 1 aromatic heterocycles. The highest BCUT2D eigenvalue weighted by molar-refractivity contribution is 6.20. The van der Waals surface area contributed by atoms with Crippen molar-refractivity contribution in [3.8, 4) is 0 Å². The van der Waals surface area contributed by atoms with Gasteiger partial charge in [-0.05, 0) is 18.5 Å². The lowest BCUT2D eigenvalue weighted by Crippen LogP contribution is -2.10. The molecule has 0 saturated carbocycles. The number of fused-ring (bicyclic) bond motifs is 1. The molecule has 0 aliphatic carbocycles. The van der Waals surface area contributed by atoms with Gasteiger partial charge in [-0.1, -0.05) is 17.3 Å². The molecular formula is C8H6BN3O. The second-order valence-electron chi connectivity index (χ2n) is 2.59. The molecule has 2 radical (unpaired) electrons. The van der Waals surface area contributed by atoms with Gasteiger partial charge in [0.05, 0.1) is 13.4 Å². The zero-order valence-corrected chi connectivity index (χ0v) is 6.84. The molecule has 0 bridgehead atoms. The Hall–Kier alpha value is -1.65. The standard InChI is InChI=1S/C8H6BN3O/c9-5-8(13)12-7-4-2-1-3-6(7)10-11-12/h1-4H,5H2. The summed E-state index contributed by atoms with van der Waals surface area (Å²) >= 11 is 0. The molecular weight excluding hydrogens is 165 g/mol. The molecule has 0 aliphatic heterocycles. The van der Waals surface area contributed by atoms with Gasteiger partial charge in [0.25, 0.3) is 0 Å². The van der Waals surface area contributed by atoms with Crippen LogP contribution in [0.1, 0.15) is 4.79 Å². The summed E-state index contributed by atoms with van der Waals surface area (Å²) in [6.45, 7) is 0. The third kappa shape index (κ3) is 1.22. The molecule has 5 heteroatoms. The monoisotopic (exact) mass is 171 g/mol. The lowest BCUT2D eigenvalue weighted by atomic mass is 10.1. The molecule has 2 rings (SSSR count). The maximum atomic E-state index is 11.2. The Morgan fingerprint density at radius 3 is 3.00 bits per heavy atom. The minimum Gasteiger partial charge on any atom is -0.273 e. The third-order valence-corrected chi connectivity index (χ3v) is 1.76. The Balaban J connectivity index is 2.64. The molecule has 0 N–H and O–H groups in total. The van der Waals surface area contributed by atoms with E-state index >= 15 is 0 Å². The lowest BCUT2D eigenvalue weighted by molar-refractivity contribution is 0.0925. The predicted octanol–water partition coefficient (Wildman–Crippen LogP) is 0.658. The first-order valence-electron chi connectivity index (χ1n) is 3.86. The van der Waals surface area contributed by atoms with E-state index < -0.39 is 0 Å². The van der Waals surface area contributed by atoms with Gasteiger partial charge in [0, 0.05) is 0 Å². The fraction of sp³-hybridized carbons (Fsp3) is 0.125. The number of carbonyl (C=O) groups is 1. The van der Waals surface area contributed by atoms with Gasteiger partial charge in [0.15, 0.2) is 0 Å². The van der Waals surface area contributed by atoms with E-state index in [9.17, 15) is 4.79 Å². The van der Waals surface area contributed by atoms with Crippen molar-refractivity contribution in [2.24, 2.45) is 0 Å². The van der Waals surface area contributed by atoms with Crippen LogP contribution >= 0.6 is 0 Å². The van der Waals surface area contributed by atoms with Crippen LogP contribution in [-0.2, 0) is 0 Å². The maximum Gasteiger partial charge on any atom is 0.240 e. The average molecular weight is 171 g/mol. The Morgan fingerprint density at radius 1 is 1.46 bits per heavy atom. The van der Waals surface area contributed by atoms with Crippen LogP contribution in [0.3, 0.4) is 0 Å². The molecule has 62 valence electrons. The van der Waals surface area contributed by atoms with E-state index in [-0.39, 0.29) is 12.2 Å². The number of carbonyl (C=O) groups excluding carboxylic acids is 1. The van der Waals surface area contributed by atoms with Crippen molar-refractivity contribution in [1.29, 1.82) is 0 Å². The Bertz CT molecular complexity index is 451. The largest absolute Gasteiger partial charge is 0.273 e. The fourth-order valence-corrected chi connectivity index (χ4v) is 1.14. The maximum absolute atomic E-state index is 11.2. The fourth-order valence-electron chi connectivity index (χ4n) is 1.14. The normalized spacial score (nSPS) is 10.5. The van der Waals surface area contributed by atoms with Gasteiger partial charge in [0.2, 0.25) is 5.91 Å². The van der Waals surface area contributed by atoms with E-state index in [1.54, 1.807) is 12.1 Å². The predicted molar refractivity (Wildman–Crippen MR) is 48.7 cm³/mol. The van der Waals surface area contributed by atoms with E-state index in [1.165, 1.54) is 4.68 Å².